The molecule has 2 aromatic rings. The lowest BCUT2D eigenvalue weighted by Crippen LogP contribution is -1.96. The SMILES string of the molecule is COc1cc(F)cc(OCc2ccccc2)c1. The van der Waals surface area contributed by atoms with Crippen molar-refractivity contribution < 1.29 is 13.9 Å². The number of rotatable bonds is 4. The van der Waals surface area contributed by atoms with Crippen LogP contribution in [0, 0.1) is 5.82 Å². The van der Waals surface area contributed by atoms with Crippen LogP contribution in [0.5, 0.6) is 11.5 Å². The molecule has 0 fully saturated rings. The topological polar surface area (TPSA) is 18.5 Å². The normalized spacial score (nSPS) is 10.0. The summed E-state index contributed by atoms with van der Waals surface area (Å²) in [5.74, 6) is 0.547. The summed E-state index contributed by atoms with van der Waals surface area (Å²) in [5.41, 5.74) is 1.04. The molecule has 0 bridgehead atoms. The van der Waals surface area contributed by atoms with Crippen LogP contribution in [0.1, 0.15) is 5.56 Å². The van der Waals surface area contributed by atoms with Crippen LogP contribution in [0.4, 0.5) is 4.39 Å². The molecule has 0 aliphatic rings. The van der Waals surface area contributed by atoms with Crippen molar-refractivity contribution in [2.75, 3.05) is 7.11 Å². The van der Waals surface area contributed by atoms with E-state index in [0.29, 0.717) is 18.1 Å². The summed E-state index contributed by atoms with van der Waals surface area (Å²) in [6.07, 6.45) is 0. The fourth-order valence-corrected chi connectivity index (χ4v) is 1.48. The first-order valence-electron chi connectivity index (χ1n) is 5.29. The average molecular weight is 232 g/mol. The fourth-order valence-electron chi connectivity index (χ4n) is 1.48. The Kier molecular flexibility index (Phi) is 3.60. The van der Waals surface area contributed by atoms with E-state index < -0.39 is 0 Å². The first-order chi connectivity index (χ1) is 8.28. The van der Waals surface area contributed by atoms with E-state index >= 15 is 0 Å². The summed E-state index contributed by atoms with van der Waals surface area (Å²) in [5, 5.41) is 0. The van der Waals surface area contributed by atoms with Gasteiger partial charge in [-0.3, -0.25) is 0 Å². The maximum absolute atomic E-state index is 13.2. The summed E-state index contributed by atoms with van der Waals surface area (Å²) in [6.45, 7) is 0.410. The maximum Gasteiger partial charge on any atom is 0.130 e. The van der Waals surface area contributed by atoms with Gasteiger partial charge >= 0.3 is 0 Å². The third-order valence-corrected chi connectivity index (χ3v) is 2.33. The van der Waals surface area contributed by atoms with Crippen LogP contribution in [-0.4, -0.2) is 7.11 Å². The lowest BCUT2D eigenvalue weighted by Gasteiger charge is -2.08. The predicted molar refractivity (Wildman–Crippen MR) is 63.7 cm³/mol. The van der Waals surface area contributed by atoms with Crippen LogP contribution in [0.3, 0.4) is 0 Å². The summed E-state index contributed by atoms with van der Waals surface area (Å²) in [6, 6.07) is 14.0. The van der Waals surface area contributed by atoms with E-state index in [9.17, 15) is 4.39 Å². The van der Waals surface area contributed by atoms with Crippen LogP contribution in [-0.2, 0) is 6.61 Å². The van der Waals surface area contributed by atoms with E-state index in [0.717, 1.165) is 5.56 Å². The van der Waals surface area contributed by atoms with Gasteiger partial charge in [-0.15, -0.1) is 0 Å². The van der Waals surface area contributed by atoms with Gasteiger partial charge in [0.25, 0.3) is 0 Å². The molecule has 0 unspecified atom stereocenters. The van der Waals surface area contributed by atoms with Crippen LogP contribution in [0.2, 0.25) is 0 Å². The monoisotopic (exact) mass is 232 g/mol. The number of hydrogen-bond acceptors (Lipinski definition) is 2. The van der Waals surface area contributed by atoms with Crippen LogP contribution in [0.25, 0.3) is 0 Å². The number of hydrogen-bond donors (Lipinski definition) is 0. The molecule has 0 aliphatic carbocycles. The minimum Gasteiger partial charge on any atom is -0.497 e. The van der Waals surface area contributed by atoms with Gasteiger partial charge in [0, 0.05) is 18.2 Å². The molecule has 0 heterocycles. The molecule has 0 saturated carbocycles. The molecule has 0 saturated heterocycles. The highest BCUT2D eigenvalue weighted by Crippen LogP contribution is 2.22. The molecule has 2 nitrogen and oxygen atoms in total. The largest absolute Gasteiger partial charge is 0.497 e. The van der Waals surface area contributed by atoms with Gasteiger partial charge in [-0.25, -0.2) is 4.39 Å². The maximum atomic E-state index is 13.2. The van der Waals surface area contributed by atoms with E-state index in [1.165, 1.54) is 19.2 Å². The predicted octanol–water partition coefficient (Wildman–Crippen LogP) is 3.41. The Labute approximate surface area is 99.6 Å². The van der Waals surface area contributed by atoms with Crippen molar-refractivity contribution in [3.8, 4) is 11.5 Å². The van der Waals surface area contributed by atoms with Crippen molar-refractivity contribution in [1.29, 1.82) is 0 Å². The smallest absolute Gasteiger partial charge is 0.130 e. The number of benzene rings is 2. The standard InChI is InChI=1S/C14H13FO2/c1-16-13-7-12(15)8-14(9-13)17-10-11-5-3-2-4-6-11/h2-9H,10H2,1H3. The number of halogens is 1. The molecule has 0 spiro atoms. The Hall–Kier alpha value is -2.03. The van der Waals surface area contributed by atoms with Gasteiger partial charge in [0.15, 0.2) is 0 Å². The zero-order valence-corrected chi connectivity index (χ0v) is 9.52. The second-order valence-corrected chi connectivity index (χ2v) is 3.60. The molecule has 88 valence electrons. The molecular formula is C14H13FO2. The molecule has 0 radical (unpaired) electrons. The Morgan fingerprint density at radius 2 is 1.71 bits per heavy atom. The molecule has 17 heavy (non-hydrogen) atoms. The Morgan fingerprint density at radius 3 is 2.41 bits per heavy atom. The van der Waals surface area contributed by atoms with E-state index in [-0.39, 0.29) is 5.82 Å². The van der Waals surface area contributed by atoms with E-state index in [1.807, 2.05) is 30.3 Å². The summed E-state index contributed by atoms with van der Waals surface area (Å²) in [4.78, 5) is 0. The van der Waals surface area contributed by atoms with Gasteiger partial charge in [-0.1, -0.05) is 30.3 Å². The first-order valence-corrected chi connectivity index (χ1v) is 5.29. The summed E-state index contributed by atoms with van der Waals surface area (Å²) in [7, 11) is 1.50. The number of methoxy groups -OCH3 is 1. The van der Waals surface area contributed by atoms with Gasteiger partial charge < -0.3 is 9.47 Å². The summed E-state index contributed by atoms with van der Waals surface area (Å²) >= 11 is 0. The molecule has 0 aliphatic heterocycles. The fraction of sp³-hybridized carbons (Fsp3) is 0.143. The van der Waals surface area contributed by atoms with Crippen molar-refractivity contribution in [2.45, 2.75) is 6.61 Å². The third kappa shape index (κ3) is 3.21. The van der Waals surface area contributed by atoms with Crippen molar-refractivity contribution in [1.82, 2.24) is 0 Å². The Morgan fingerprint density at radius 1 is 1.00 bits per heavy atom. The quantitative estimate of drug-likeness (QED) is 0.804. The second kappa shape index (κ2) is 5.34. The highest BCUT2D eigenvalue weighted by molar-refractivity contribution is 5.34. The molecule has 0 amide bonds. The van der Waals surface area contributed by atoms with Gasteiger partial charge in [0.1, 0.15) is 23.9 Å². The Balaban J connectivity index is 2.06. The van der Waals surface area contributed by atoms with Crippen molar-refractivity contribution in [2.24, 2.45) is 0 Å². The van der Waals surface area contributed by atoms with Gasteiger partial charge in [-0.2, -0.15) is 0 Å². The lowest BCUT2D eigenvalue weighted by molar-refractivity contribution is 0.301. The van der Waals surface area contributed by atoms with Crippen molar-refractivity contribution >= 4 is 0 Å². The van der Waals surface area contributed by atoms with Crippen molar-refractivity contribution in [3.63, 3.8) is 0 Å². The van der Waals surface area contributed by atoms with E-state index in [1.54, 1.807) is 6.07 Å². The highest BCUT2D eigenvalue weighted by Gasteiger charge is 2.02. The van der Waals surface area contributed by atoms with Gasteiger partial charge in [0.05, 0.1) is 7.11 Å². The average Bonchev–Trinajstić information content (AvgIpc) is 2.37. The summed E-state index contributed by atoms with van der Waals surface area (Å²) < 4.78 is 23.6. The second-order valence-electron chi connectivity index (χ2n) is 3.60. The van der Waals surface area contributed by atoms with Crippen molar-refractivity contribution in [3.05, 3.63) is 59.9 Å². The third-order valence-electron chi connectivity index (χ3n) is 2.33. The van der Waals surface area contributed by atoms with E-state index in [4.69, 9.17) is 9.47 Å². The zero-order valence-electron chi connectivity index (χ0n) is 9.52. The van der Waals surface area contributed by atoms with Crippen LogP contribution < -0.4 is 9.47 Å². The molecule has 2 aromatic carbocycles. The molecule has 2 rings (SSSR count). The van der Waals surface area contributed by atoms with Crippen LogP contribution >= 0.6 is 0 Å². The van der Waals surface area contributed by atoms with Gasteiger partial charge in [-0.05, 0) is 5.56 Å². The van der Waals surface area contributed by atoms with E-state index in [2.05, 4.69) is 0 Å². The minimum atomic E-state index is -0.368. The number of ether oxygens (including phenoxy) is 2. The molecule has 0 aromatic heterocycles. The highest BCUT2D eigenvalue weighted by atomic mass is 19.1. The molecule has 3 heteroatoms. The Bertz CT molecular complexity index is 483. The molecule has 0 N–H and O–H groups in total. The first kappa shape index (κ1) is 11.5. The minimum absolute atomic E-state index is 0.368. The zero-order chi connectivity index (χ0) is 12.1. The van der Waals surface area contributed by atoms with Crippen LogP contribution in [0.15, 0.2) is 48.5 Å². The molecular weight excluding hydrogens is 219 g/mol. The lowest BCUT2D eigenvalue weighted by atomic mass is 10.2. The molecule has 0 atom stereocenters. The van der Waals surface area contributed by atoms with Gasteiger partial charge in [0.2, 0.25) is 0 Å².